The van der Waals surface area contributed by atoms with E-state index in [2.05, 4.69) is 15.6 Å². The van der Waals surface area contributed by atoms with Gasteiger partial charge in [-0.25, -0.2) is 4.98 Å². The summed E-state index contributed by atoms with van der Waals surface area (Å²) in [5.74, 6) is -0.000514. The maximum atomic E-state index is 12.5. The number of aliphatic hydroxyl groups excluding tert-OH is 1. The van der Waals surface area contributed by atoms with E-state index in [1.54, 1.807) is 19.1 Å². The van der Waals surface area contributed by atoms with Gasteiger partial charge in [-0.05, 0) is 24.6 Å². The lowest BCUT2D eigenvalue weighted by molar-refractivity contribution is -0.114. The highest BCUT2D eigenvalue weighted by Crippen LogP contribution is 2.34. The minimum atomic E-state index is -0.524. The standard InChI is InChI=1S/C19H19N3O4S.3H2/c1-11-17(27-19(20-11)21-12(2)24)15-8-9-16(26-15)18(25)22-14(10-23)13-6-4-3-5-7-13;;;/h3-9,14,23H,10H2,1-2H3,(H,22,25)(H,20,21,24);3*1H/t14-;;;/m0.../s1. The van der Waals surface area contributed by atoms with Crippen LogP contribution in [-0.2, 0) is 4.79 Å². The number of hydrogen-bond donors (Lipinski definition) is 3. The molecule has 0 unspecified atom stereocenters. The number of thiazole rings is 1. The van der Waals surface area contributed by atoms with Crippen molar-refractivity contribution in [2.24, 2.45) is 0 Å². The number of furan rings is 1. The highest BCUT2D eigenvalue weighted by molar-refractivity contribution is 7.19. The Morgan fingerprint density at radius 2 is 2.00 bits per heavy atom. The summed E-state index contributed by atoms with van der Waals surface area (Å²) >= 11 is 1.27. The van der Waals surface area contributed by atoms with E-state index < -0.39 is 11.9 Å². The summed E-state index contributed by atoms with van der Waals surface area (Å²) < 4.78 is 5.68. The van der Waals surface area contributed by atoms with Gasteiger partial charge in [0.15, 0.2) is 10.9 Å². The molecule has 3 rings (SSSR count). The van der Waals surface area contributed by atoms with Gasteiger partial charge in [0.25, 0.3) is 5.91 Å². The molecule has 3 N–H and O–H groups in total. The molecule has 0 saturated carbocycles. The summed E-state index contributed by atoms with van der Waals surface area (Å²) in [5, 5.41) is 15.5. The summed E-state index contributed by atoms with van der Waals surface area (Å²) in [6.45, 7) is 2.99. The van der Waals surface area contributed by atoms with Crippen molar-refractivity contribution in [2.45, 2.75) is 19.9 Å². The Bertz CT molecular complexity index is 963. The number of nitrogens with one attached hydrogen (secondary N) is 2. The van der Waals surface area contributed by atoms with Gasteiger partial charge in [0, 0.05) is 11.2 Å². The first-order valence-electron chi connectivity index (χ1n) is 8.30. The Kier molecular flexibility index (Phi) is 5.68. The summed E-state index contributed by atoms with van der Waals surface area (Å²) in [6, 6.07) is 11.9. The van der Waals surface area contributed by atoms with Crippen LogP contribution < -0.4 is 10.6 Å². The molecule has 0 radical (unpaired) electrons. The SMILES string of the molecule is CC(=O)Nc1nc(C)c(-c2ccc(C(=O)N[C@@H](CO)c3ccccc3)o2)s1.[HH].[HH].[HH]. The monoisotopic (exact) mass is 391 g/mol. The van der Waals surface area contributed by atoms with E-state index in [0.29, 0.717) is 16.6 Å². The number of amides is 2. The molecule has 27 heavy (non-hydrogen) atoms. The lowest BCUT2D eigenvalue weighted by Gasteiger charge is -2.15. The molecule has 2 amide bonds. The van der Waals surface area contributed by atoms with Crippen LogP contribution in [-0.4, -0.2) is 28.5 Å². The van der Waals surface area contributed by atoms with Gasteiger partial charge in [0.05, 0.1) is 23.2 Å². The van der Waals surface area contributed by atoms with Crippen molar-refractivity contribution in [1.82, 2.24) is 10.3 Å². The molecule has 2 aromatic heterocycles. The molecule has 1 atom stereocenters. The molecule has 0 aliphatic rings. The third-order valence-electron chi connectivity index (χ3n) is 3.82. The highest BCUT2D eigenvalue weighted by atomic mass is 32.1. The largest absolute Gasteiger partial charge is 0.450 e. The molecule has 0 aliphatic heterocycles. The van der Waals surface area contributed by atoms with Crippen molar-refractivity contribution >= 4 is 28.3 Å². The summed E-state index contributed by atoms with van der Waals surface area (Å²) in [5.41, 5.74) is 1.50. The number of hydrogen-bond acceptors (Lipinski definition) is 6. The van der Waals surface area contributed by atoms with Gasteiger partial charge in [-0.2, -0.15) is 0 Å². The first-order chi connectivity index (χ1) is 13.0. The van der Waals surface area contributed by atoms with Gasteiger partial charge in [0.2, 0.25) is 5.91 Å². The molecule has 2 heterocycles. The second-order valence-electron chi connectivity index (χ2n) is 5.90. The third kappa shape index (κ3) is 4.42. The van der Waals surface area contributed by atoms with E-state index in [-0.39, 0.29) is 22.6 Å². The van der Waals surface area contributed by atoms with E-state index in [9.17, 15) is 14.7 Å². The number of aliphatic hydroxyl groups is 1. The molecule has 146 valence electrons. The zero-order valence-electron chi connectivity index (χ0n) is 14.9. The molecule has 1 aromatic carbocycles. The summed E-state index contributed by atoms with van der Waals surface area (Å²) in [4.78, 5) is 28.7. The zero-order valence-corrected chi connectivity index (χ0v) is 15.7. The number of carbonyl (C=O) groups excluding carboxylic acids is 2. The van der Waals surface area contributed by atoms with Crippen molar-refractivity contribution in [3.8, 4) is 10.6 Å². The number of nitrogens with zero attached hydrogens (tertiary/aromatic N) is 1. The Morgan fingerprint density at radius 3 is 2.67 bits per heavy atom. The van der Waals surface area contributed by atoms with Gasteiger partial charge in [-0.3, -0.25) is 9.59 Å². The average Bonchev–Trinajstić information content (AvgIpc) is 3.26. The second-order valence-corrected chi connectivity index (χ2v) is 6.90. The highest BCUT2D eigenvalue weighted by Gasteiger charge is 2.20. The topological polar surface area (TPSA) is 104 Å². The van der Waals surface area contributed by atoms with E-state index in [0.717, 1.165) is 10.4 Å². The van der Waals surface area contributed by atoms with Crippen molar-refractivity contribution in [3.63, 3.8) is 0 Å². The number of aryl methyl sites for hydroxylation is 1. The molecule has 7 nitrogen and oxygen atoms in total. The lowest BCUT2D eigenvalue weighted by atomic mass is 10.1. The van der Waals surface area contributed by atoms with E-state index >= 15 is 0 Å². The predicted molar refractivity (Wildman–Crippen MR) is 109 cm³/mol. The summed E-state index contributed by atoms with van der Waals surface area (Å²) in [6.07, 6.45) is 0. The fourth-order valence-electron chi connectivity index (χ4n) is 2.56. The van der Waals surface area contributed by atoms with Gasteiger partial charge in [0.1, 0.15) is 5.76 Å². The van der Waals surface area contributed by atoms with Gasteiger partial charge < -0.3 is 20.2 Å². The Hall–Kier alpha value is -2.97. The van der Waals surface area contributed by atoms with Crippen LogP contribution in [0.5, 0.6) is 0 Å². The molecule has 0 aliphatic carbocycles. The first kappa shape index (κ1) is 18.8. The van der Waals surface area contributed by atoms with E-state index in [1.165, 1.54) is 18.3 Å². The number of benzene rings is 1. The van der Waals surface area contributed by atoms with Crippen molar-refractivity contribution < 1.29 is 23.4 Å². The molecular weight excluding hydrogens is 366 g/mol. The van der Waals surface area contributed by atoms with Gasteiger partial charge >= 0.3 is 0 Å². The van der Waals surface area contributed by atoms with Gasteiger partial charge in [-0.1, -0.05) is 41.7 Å². The van der Waals surface area contributed by atoms with Crippen LogP contribution in [0.4, 0.5) is 5.13 Å². The molecular formula is C19H25N3O4S. The number of aromatic nitrogens is 1. The quantitative estimate of drug-likeness (QED) is 0.592. The lowest BCUT2D eigenvalue weighted by Crippen LogP contribution is -2.30. The first-order valence-corrected chi connectivity index (χ1v) is 9.11. The van der Waals surface area contributed by atoms with Crippen LogP contribution in [0.2, 0.25) is 0 Å². The van der Waals surface area contributed by atoms with Crippen LogP contribution in [0, 0.1) is 6.92 Å². The van der Waals surface area contributed by atoms with E-state index in [1.807, 2.05) is 30.3 Å². The average molecular weight is 391 g/mol. The fourth-order valence-corrected chi connectivity index (χ4v) is 3.53. The van der Waals surface area contributed by atoms with Crippen LogP contribution in [0.25, 0.3) is 10.6 Å². The normalized spacial score (nSPS) is 11.8. The zero-order chi connectivity index (χ0) is 19.4. The molecule has 0 spiro atoms. The Labute approximate surface area is 164 Å². The molecule has 0 saturated heterocycles. The van der Waals surface area contributed by atoms with Crippen LogP contribution >= 0.6 is 11.3 Å². The molecule has 8 heteroatoms. The molecule has 0 bridgehead atoms. The maximum Gasteiger partial charge on any atom is 0.287 e. The fraction of sp³-hybridized carbons (Fsp3) is 0.211. The van der Waals surface area contributed by atoms with Gasteiger partial charge in [-0.15, -0.1) is 0 Å². The van der Waals surface area contributed by atoms with Crippen molar-refractivity contribution in [1.29, 1.82) is 0 Å². The number of carbonyl (C=O) groups is 2. The number of rotatable bonds is 6. The van der Waals surface area contributed by atoms with E-state index in [4.69, 9.17) is 4.42 Å². The Balaban J connectivity index is 0.00000280. The van der Waals surface area contributed by atoms with Crippen molar-refractivity contribution in [2.75, 3.05) is 11.9 Å². The summed E-state index contributed by atoms with van der Waals surface area (Å²) in [7, 11) is 0. The molecule has 3 aromatic rings. The third-order valence-corrected chi connectivity index (χ3v) is 4.91. The van der Waals surface area contributed by atoms with Crippen molar-refractivity contribution in [3.05, 3.63) is 59.5 Å². The van der Waals surface area contributed by atoms with Crippen LogP contribution in [0.15, 0.2) is 46.9 Å². The van der Waals surface area contributed by atoms with Crippen LogP contribution in [0.3, 0.4) is 0 Å². The molecule has 0 fully saturated rings. The minimum absolute atomic E-state index is 0. The van der Waals surface area contributed by atoms with Crippen LogP contribution in [0.1, 0.15) is 39.1 Å². The second kappa shape index (κ2) is 8.15. The minimum Gasteiger partial charge on any atom is -0.450 e. The predicted octanol–water partition coefficient (Wildman–Crippen LogP) is 3.87. The number of anilines is 1. The maximum absolute atomic E-state index is 12.5. The smallest absolute Gasteiger partial charge is 0.287 e. The Morgan fingerprint density at radius 1 is 1.26 bits per heavy atom.